The maximum absolute atomic E-state index is 11.6. The third-order valence-electron chi connectivity index (χ3n) is 5.84. The molecule has 1 N–H and O–H groups in total. The minimum atomic E-state index is -0.936. The standard InChI is InChI=1S/C26H29NO5/c1-17-8-6-11-20(24(17)26(28)29)15-30-21-12-7-13-22(14-21)31-16-23-18(2)32-25(27-23)19-9-4-3-5-10-19/h3-6,8-11,21-22H,7,12-16H2,1-2H3,(H,28,29)/t21-,22+/m1/s1/i9D,10D. The molecule has 3 aromatic rings. The average molecular weight is 438 g/mol. The molecular formula is C26H29NO5. The lowest BCUT2D eigenvalue weighted by Crippen LogP contribution is -2.28. The van der Waals surface area contributed by atoms with Crippen LogP contribution in [0.3, 0.4) is 0 Å². The topological polar surface area (TPSA) is 81.8 Å². The summed E-state index contributed by atoms with van der Waals surface area (Å²) in [5.74, 6) is -0.0552. The van der Waals surface area contributed by atoms with Crippen molar-refractivity contribution in [2.75, 3.05) is 0 Å². The van der Waals surface area contributed by atoms with Crippen molar-refractivity contribution in [1.29, 1.82) is 0 Å². The molecule has 1 aliphatic rings. The summed E-state index contributed by atoms with van der Waals surface area (Å²) in [4.78, 5) is 16.1. The fourth-order valence-corrected chi connectivity index (χ4v) is 4.11. The van der Waals surface area contributed by atoms with Gasteiger partial charge < -0.3 is 19.0 Å². The van der Waals surface area contributed by atoms with Crippen LogP contribution >= 0.6 is 0 Å². The number of hydrogen-bond acceptors (Lipinski definition) is 5. The second kappa shape index (κ2) is 10.1. The Kier molecular flexibility index (Phi) is 6.22. The number of rotatable bonds is 8. The molecule has 0 spiro atoms. The van der Waals surface area contributed by atoms with Gasteiger partial charge in [-0.3, -0.25) is 0 Å². The normalized spacial score (nSPS) is 19.4. The number of carboxylic acid groups (broad SMARTS) is 1. The van der Waals surface area contributed by atoms with Crippen LogP contribution in [-0.2, 0) is 22.7 Å². The van der Waals surface area contributed by atoms with Crippen molar-refractivity contribution in [3.8, 4) is 11.5 Å². The lowest BCUT2D eigenvalue weighted by molar-refractivity contribution is -0.0564. The summed E-state index contributed by atoms with van der Waals surface area (Å²) in [5, 5.41) is 9.52. The van der Waals surface area contributed by atoms with Crippen molar-refractivity contribution in [3.63, 3.8) is 0 Å². The molecule has 168 valence electrons. The molecular weight excluding hydrogens is 406 g/mol. The van der Waals surface area contributed by atoms with Crippen LogP contribution in [0.2, 0.25) is 0 Å². The lowest BCUT2D eigenvalue weighted by Gasteiger charge is -2.29. The molecule has 0 saturated heterocycles. The first-order chi connectivity index (χ1) is 16.3. The Morgan fingerprint density at radius 3 is 2.56 bits per heavy atom. The van der Waals surface area contributed by atoms with Gasteiger partial charge >= 0.3 is 5.97 Å². The highest BCUT2D eigenvalue weighted by Crippen LogP contribution is 2.27. The lowest BCUT2D eigenvalue weighted by atomic mass is 9.94. The predicted molar refractivity (Wildman–Crippen MR) is 120 cm³/mol. The fraction of sp³-hybridized carbons (Fsp3) is 0.385. The molecule has 1 heterocycles. The molecule has 2 aromatic carbocycles. The third kappa shape index (κ3) is 5.26. The summed E-state index contributed by atoms with van der Waals surface area (Å²) in [6.07, 6.45) is 3.52. The highest BCUT2D eigenvalue weighted by Gasteiger charge is 2.25. The minimum Gasteiger partial charge on any atom is -0.478 e. The highest BCUT2D eigenvalue weighted by atomic mass is 16.5. The van der Waals surface area contributed by atoms with Gasteiger partial charge in [-0.1, -0.05) is 36.4 Å². The average Bonchev–Trinajstić information content (AvgIpc) is 3.16. The van der Waals surface area contributed by atoms with Crippen LogP contribution in [0.25, 0.3) is 11.5 Å². The number of hydrogen-bond donors (Lipinski definition) is 1. The molecule has 0 radical (unpaired) electrons. The Morgan fingerprint density at radius 1 is 1.12 bits per heavy atom. The Balaban J connectivity index is 1.35. The molecule has 0 amide bonds. The van der Waals surface area contributed by atoms with Gasteiger partial charge in [-0.25, -0.2) is 9.78 Å². The van der Waals surface area contributed by atoms with Crippen molar-refractivity contribution in [3.05, 3.63) is 76.6 Å². The summed E-state index contributed by atoms with van der Waals surface area (Å²) < 4.78 is 34.1. The maximum atomic E-state index is 11.6. The van der Waals surface area contributed by atoms with E-state index in [1.54, 1.807) is 44.2 Å². The summed E-state index contributed by atoms with van der Waals surface area (Å²) in [7, 11) is 0. The Morgan fingerprint density at radius 2 is 1.84 bits per heavy atom. The SMILES string of the molecule is [2H]c1cccc([2H])c1-c1nc(CO[C@H]2CCC[C@@H](OCc3cccc(C)c3C(=O)O)C2)c(C)o1. The molecule has 6 nitrogen and oxygen atoms in total. The molecule has 32 heavy (non-hydrogen) atoms. The van der Waals surface area contributed by atoms with Crippen LogP contribution in [0.15, 0.2) is 52.9 Å². The van der Waals surface area contributed by atoms with E-state index < -0.39 is 5.97 Å². The van der Waals surface area contributed by atoms with Gasteiger partial charge in [0.2, 0.25) is 5.89 Å². The molecule has 1 aliphatic carbocycles. The quantitative estimate of drug-likeness (QED) is 0.487. The first-order valence-electron chi connectivity index (χ1n) is 11.9. The third-order valence-corrected chi connectivity index (χ3v) is 5.84. The van der Waals surface area contributed by atoms with Gasteiger partial charge in [-0.05, 0) is 62.7 Å². The van der Waals surface area contributed by atoms with E-state index >= 15 is 0 Å². The molecule has 0 aliphatic heterocycles. The van der Waals surface area contributed by atoms with E-state index in [0.717, 1.165) is 31.2 Å². The van der Waals surface area contributed by atoms with Gasteiger partial charge in [-0.2, -0.15) is 0 Å². The van der Waals surface area contributed by atoms with Crippen LogP contribution in [0.4, 0.5) is 0 Å². The van der Waals surface area contributed by atoms with E-state index in [1.807, 2.05) is 6.07 Å². The van der Waals surface area contributed by atoms with E-state index in [0.29, 0.717) is 28.1 Å². The number of oxazole rings is 1. The summed E-state index contributed by atoms with van der Waals surface area (Å²) in [6, 6.07) is 10.7. The zero-order chi connectivity index (χ0) is 24.2. The van der Waals surface area contributed by atoms with E-state index in [4.69, 9.17) is 16.6 Å². The van der Waals surface area contributed by atoms with Crippen molar-refractivity contribution < 1.29 is 26.5 Å². The number of aryl methyl sites for hydroxylation is 2. The van der Waals surface area contributed by atoms with Crippen LogP contribution in [0.5, 0.6) is 0 Å². The molecule has 1 saturated carbocycles. The molecule has 0 bridgehead atoms. The molecule has 6 heteroatoms. The number of carboxylic acids is 1. The number of aromatic nitrogens is 1. The van der Waals surface area contributed by atoms with Gasteiger partial charge in [-0.15, -0.1) is 0 Å². The van der Waals surface area contributed by atoms with Crippen molar-refractivity contribution in [2.45, 2.75) is 65.0 Å². The minimum absolute atomic E-state index is 0.00376. The predicted octanol–water partition coefficient (Wildman–Crippen LogP) is 5.70. The second-order valence-corrected chi connectivity index (χ2v) is 8.16. The number of carbonyl (C=O) groups is 1. The smallest absolute Gasteiger partial charge is 0.336 e. The largest absolute Gasteiger partial charge is 0.478 e. The van der Waals surface area contributed by atoms with E-state index in [2.05, 4.69) is 4.98 Å². The number of aromatic carboxylic acids is 1. The summed E-state index contributed by atoms with van der Waals surface area (Å²) >= 11 is 0. The van der Waals surface area contributed by atoms with Crippen molar-refractivity contribution in [1.82, 2.24) is 4.98 Å². The Hall–Kier alpha value is -2.96. The number of nitrogens with zero attached hydrogens (tertiary/aromatic N) is 1. The second-order valence-electron chi connectivity index (χ2n) is 8.16. The molecule has 0 unspecified atom stereocenters. The Bertz CT molecular complexity index is 1160. The summed E-state index contributed by atoms with van der Waals surface area (Å²) in [6.45, 7) is 4.14. The first-order valence-corrected chi connectivity index (χ1v) is 10.9. The Labute approximate surface area is 191 Å². The highest BCUT2D eigenvalue weighted by molar-refractivity contribution is 5.91. The van der Waals surface area contributed by atoms with Crippen LogP contribution in [0, 0.1) is 13.8 Å². The zero-order valence-corrected chi connectivity index (χ0v) is 18.4. The zero-order valence-electron chi connectivity index (χ0n) is 20.4. The van der Waals surface area contributed by atoms with Gasteiger partial charge in [0.15, 0.2) is 0 Å². The molecule has 2 atom stereocenters. The summed E-state index contributed by atoms with van der Waals surface area (Å²) in [5.41, 5.74) is 2.76. The van der Waals surface area contributed by atoms with E-state index in [9.17, 15) is 9.90 Å². The number of ether oxygens (including phenoxy) is 2. The van der Waals surface area contributed by atoms with Gasteiger partial charge in [0, 0.05) is 5.56 Å². The van der Waals surface area contributed by atoms with Gasteiger partial charge in [0.25, 0.3) is 0 Å². The molecule has 1 aromatic heterocycles. The monoisotopic (exact) mass is 437 g/mol. The van der Waals surface area contributed by atoms with E-state index in [-0.39, 0.29) is 43.4 Å². The van der Waals surface area contributed by atoms with Crippen LogP contribution in [0.1, 0.15) is 61.4 Å². The van der Waals surface area contributed by atoms with Crippen molar-refractivity contribution >= 4 is 5.97 Å². The number of benzene rings is 2. The van der Waals surface area contributed by atoms with Crippen molar-refractivity contribution in [2.24, 2.45) is 0 Å². The fourth-order valence-electron chi connectivity index (χ4n) is 4.11. The van der Waals surface area contributed by atoms with E-state index in [1.165, 1.54) is 0 Å². The molecule has 1 fully saturated rings. The van der Waals surface area contributed by atoms with Crippen LogP contribution in [-0.4, -0.2) is 28.3 Å². The van der Waals surface area contributed by atoms with Gasteiger partial charge in [0.1, 0.15) is 11.5 Å². The van der Waals surface area contributed by atoms with Gasteiger partial charge in [0.05, 0.1) is 33.7 Å². The van der Waals surface area contributed by atoms with Crippen LogP contribution < -0.4 is 0 Å². The first kappa shape index (κ1) is 19.7. The molecule has 4 rings (SSSR count). The maximum Gasteiger partial charge on any atom is 0.336 e.